The van der Waals surface area contributed by atoms with Crippen molar-refractivity contribution in [1.82, 2.24) is 15.0 Å². The molecule has 0 atom stereocenters. The molecule has 1 aromatic heterocycles. The normalized spacial score (nSPS) is 10.6. The lowest BCUT2D eigenvalue weighted by molar-refractivity contribution is 0.222. The Morgan fingerprint density at radius 2 is 2.03 bits per heavy atom. The summed E-state index contributed by atoms with van der Waals surface area (Å²) < 4.78 is 11.0. The lowest BCUT2D eigenvalue weighted by atomic mass is 10.1. The fraction of sp³-hybridized carbons (Fsp3) is 0.286. The van der Waals surface area contributed by atoms with E-state index in [4.69, 9.17) is 20.9 Å². The topological polar surface area (TPSA) is 80.5 Å². The molecule has 8 heteroatoms. The molecule has 0 radical (unpaired) electrons. The monoisotopic (exact) mass is 414 g/mol. The number of amides is 2. The van der Waals surface area contributed by atoms with E-state index in [0.717, 1.165) is 11.3 Å². The number of aryl methyl sites for hydroxylation is 2. The van der Waals surface area contributed by atoms with Crippen molar-refractivity contribution in [2.75, 3.05) is 18.9 Å². The quantitative estimate of drug-likeness (QED) is 0.609. The predicted molar refractivity (Wildman–Crippen MR) is 111 cm³/mol. The van der Waals surface area contributed by atoms with Crippen molar-refractivity contribution < 1.29 is 14.1 Å². The van der Waals surface area contributed by atoms with Crippen LogP contribution >= 0.6 is 11.6 Å². The lowest BCUT2D eigenvalue weighted by Gasteiger charge is -2.17. The summed E-state index contributed by atoms with van der Waals surface area (Å²) in [6, 6.07) is 12.8. The second-order valence-corrected chi connectivity index (χ2v) is 7.15. The van der Waals surface area contributed by atoms with Crippen LogP contribution in [0.3, 0.4) is 0 Å². The van der Waals surface area contributed by atoms with Gasteiger partial charge in [-0.1, -0.05) is 46.6 Å². The molecule has 3 rings (SSSR count). The van der Waals surface area contributed by atoms with Crippen LogP contribution in [0.4, 0.5) is 10.5 Å². The number of rotatable bonds is 7. The van der Waals surface area contributed by atoms with Gasteiger partial charge in [-0.05, 0) is 37.6 Å². The van der Waals surface area contributed by atoms with Gasteiger partial charge in [0.15, 0.2) is 12.4 Å². The molecule has 29 heavy (non-hydrogen) atoms. The fourth-order valence-electron chi connectivity index (χ4n) is 2.69. The smallest absolute Gasteiger partial charge is 0.321 e. The van der Waals surface area contributed by atoms with Crippen LogP contribution in [0.1, 0.15) is 22.8 Å². The highest BCUT2D eigenvalue weighted by Crippen LogP contribution is 2.21. The van der Waals surface area contributed by atoms with E-state index in [-0.39, 0.29) is 12.6 Å². The van der Waals surface area contributed by atoms with Gasteiger partial charge in [0, 0.05) is 20.0 Å². The van der Waals surface area contributed by atoms with E-state index < -0.39 is 0 Å². The number of nitrogens with one attached hydrogen (secondary N) is 1. The largest absolute Gasteiger partial charge is 0.483 e. The molecule has 1 heterocycles. The van der Waals surface area contributed by atoms with Crippen molar-refractivity contribution in [2.45, 2.75) is 26.9 Å². The second-order valence-electron chi connectivity index (χ2n) is 6.74. The van der Waals surface area contributed by atoms with E-state index >= 15 is 0 Å². The number of ether oxygens (including phenoxy) is 1. The molecule has 0 saturated heterocycles. The molecule has 0 aliphatic rings. The molecule has 3 aromatic rings. The maximum Gasteiger partial charge on any atom is 0.321 e. The highest BCUT2D eigenvalue weighted by molar-refractivity contribution is 6.33. The van der Waals surface area contributed by atoms with E-state index in [1.54, 1.807) is 25.2 Å². The zero-order chi connectivity index (χ0) is 20.8. The molecule has 0 spiro atoms. The zero-order valence-electron chi connectivity index (χ0n) is 16.6. The number of likely N-dealkylation sites (N-methyl/N-ethyl adjacent to an activating group) is 1. The summed E-state index contributed by atoms with van der Waals surface area (Å²) >= 11 is 6.06. The average molecular weight is 415 g/mol. The zero-order valence-corrected chi connectivity index (χ0v) is 17.4. The fourth-order valence-corrected chi connectivity index (χ4v) is 2.88. The van der Waals surface area contributed by atoms with Gasteiger partial charge < -0.3 is 19.5 Å². The second kappa shape index (κ2) is 9.43. The maximum absolute atomic E-state index is 12.3. The van der Waals surface area contributed by atoms with Gasteiger partial charge in [0.05, 0.1) is 10.7 Å². The molecule has 2 aromatic carbocycles. The van der Waals surface area contributed by atoms with Gasteiger partial charge in [-0.3, -0.25) is 0 Å². The van der Waals surface area contributed by atoms with Crippen molar-refractivity contribution >= 4 is 23.3 Å². The van der Waals surface area contributed by atoms with Crippen LogP contribution in [0.25, 0.3) is 0 Å². The van der Waals surface area contributed by atoms with Gasteiger partial charge in [-0.25, -0.2) is 4.79 Å². The first-order valence-corrected chi connectivity index (χ1v) is 9.58. The molecule has 1 N–H and O–H groups in total. The average Bonchev–Trinajstić information content (AvgIpc) is 3.15. The molecule has 0 aliphatic heterocycles. The Bertz CT molecular complexity index is 990. The number of hydrogen-bond acceptors (Lipinski definition) is 5. The number of anilines is 1. The number of hydrogen-bond donors (Lipinski definition) is 1. The number of benzene rings is 2. The number of carbonyl (C=O) groups excluding carboxylic acids is 1. The highest BCUT2D eigenvalue weighted by Gasteiger charge is 2.13. The third-order valence-electron chi connectivity index (χ3n) is 4.32. The third-order valence-corrected chi connectivity index (χ3v) is 4.65. The number of halogens is 1. The van der Waals surface area contributed by atoms with Gasteiger partial charge in [0.25, 0.3) is 5.89 Å². The highest BCUT2D eigenvalue weighted by atomic mass is 35.5. The number of para-hydroxylation sites is 1. The van der Waals surface area contributed by atoms with Crippen molar-refractivity contribution in [2.24, 2.45) is 0 Å². The molecule has 152 valence electrons. The summed E-state index contributed by atoms with van der Waals surface area (Å²) in [6.45, 7) is 4.64. The summed E-state index contributed by atoms with van der Waals surface area (Å²) in [5.74, 6) is 1.69. The number of urea groups is 1. The van der Waals surface area contributed by atoms with Crippen molar-refractivity contribution in [3.8, 4) is 5.75 Å². The molecular formula is C21H23ClN4O3. The molecule has 0 bridgehead atoms. The molecule has 2 amide bonds. The summed E-state index contributed by atoms with van der Waals surface area (Å²) in [6.07, 6.45) is 0.458. The molecule has 0 aliphatic carbocycles. The van der Waals surface area contributed by atoms with Crippen molar-refractivity contribution in [1.29, 1.82) is 0 Å². The van der Waals surface area contributed by atoms with Crippen LogP contribution in [-0.2, 0) is 13.0 Å². The third kappa shape index (κ3) is 5.71. The number of aromatic nitrogens is 2. The maximum atomic E-state index is 12.3. The number of nitrogens with zero attached hydrogens (tertiary/aromatic N) is 3. The van der Waals surface area contributed by atoms with Crippen molar-refractivity contribution in [3.05, 3.63) is 70.3 Å². The first-order valence-electron chi connectivity index (χ1n) is 9.20. The van der Waals surface area contributed by atoms with Gasteiger partial charge in [-0.2, -0.15) is 4.98 Å². The summed E-state index contributed by atoms with van der Waals surface area (Å²) in [5, 5.41) is 7.21. The van der Waals surface area contributed by atoms with E-state index in [2.05, 4.69) is 21.5 Å². The van der Waals surface area contributed by atoms with E-state index in [9.17, 15) is 4.79 Å². The minimum Gasteiger partial charge on any atom is -0.483 e. The first kappa shape index (κ1) is 20.7. The molecule has 0 unspecified atom stereocenters. The number of carbonyl (C=O) groups is 1. The van der Waals surface area contributed by atoms with Gasteiger partial charge >= 0.3 is 6.03 Å². The summed E-state index contributed by atoms with van der Waals surface area (Å²) in [5.41, 5.74) is 2.80. The Labute approximate surface area is 174 Å². The van der Waals surface area contributed by atoms with E-state index in [0.29, 0.717) is 35.4 Å². The Morgan fingerprint density at radius 1 is 1.24 bits per heavy atom. The molecule has 0 saturated carbocycles. The standard InChI is InChI=1S/C21H23ClN4O3/c1-14-8-9-18(15(2)12-14)28-13-20-24-19(25-29-20)10-11-26(3)21(27)23-17-7-5-4-6-16(17)22/h4-9,12H,10-11,13H2,1-3H3,(H,23,27). The van der Waals surface area contributed by atoms with Gasteiger partial charge in [0.1, 0.15) is 5.75 Å². The lowest BCUT2D eigenvalue weighted by Crippen LogP contribution is -2.33. The van der Waals surface area contributed by atoms with Gasteiger partial charge in [-0.15, -0.1) is 0 Å². The first-order chi connectivity index (χ1) is 13.9. The SMILES string of the molecule is Cc1ccc(OCc2nc(CCN(C)C(=O)Nc3ccccc3Cl)no2)c(C)c1. The van der Waals surface area contributed by atoms with Crippen LogP contribution in [0.15, 0.2) is 47.0 Å². The van der Waals surface area contributed by atoms with Crippen LogP contribution in [0.5, 0.6) is 5.75 Å². The minimum atomic E-state index is -0.264. The van der Waals surface area contributed by atoms with E-state index in [1.165, 1.54) is 10.5 Å². The van der Waals surface area contributed by atoms with Gasteiger partial charge in [0.2, 0.25) is 0 Å². The molecular weight excluding hydrogens is 392 g/mol. The Balaban J connectivity index is 1.48. The van der Waals surface area contributed by atoms with Crippen LogP contribution < -0.4 is 10.1 Å². The van der Waals surface area contributed by atoms with E-state index in [1.807, 2.05) is 32.0 Å². The predicted octanol–water partition coefficient (Wildman–Crippen LogP) is 4.63. The van der Waals surface area contributed by atoms with Crippen LogP contribution in [0, 0.1) is 13.8 Å². The molecule has 7 nitrogen and oxygen atoms in total. The Morgan fingerprint density at radius 3 is 2.79 bits per heavy atom. The minimum absolute atomic E-state index is 0.194. The summed E-state index contributed by atoms with van der Waals surface area (Å²) in [7, 11) is 1.69. The van der Waals surface area contributed by atoms with Crippen molar-refractivity contribution in [3.63, 3.8) is 0 Å². The Hall–Kier alpha value is -3.06. The Kier molecular flexibility index (Phi) is 6.72. The van der Waals surface area contributed by atoms with Crippen LogP contribution in [-0.4, -0.2) is 34.7 Å². The van der Waals surface area contributed by atoms with Crippen LogP contribution in [0.2, 0.25) is 5.02 Å². The summed E-state index contributed by atoms with van der Waals surface area (Å²) in [4.78, 5) is 18.1. The molecule has 0 fully saturated rings.